The molecule has 2 aromatic rings. The number of halogens is 3. The maximum Gasteiger partial charge on any atom is 0.471 e. The second kappa shape index (κ2) is 7.69. The van der Waals surface area contributed by atoms with E-state index >= 15 is 0 Å². The molecule has 25 heavy (non-hydrogen) atoms. The van der Waals surface area contributed by atoms with Crippen molar-refractivity contribution in [2.24, 2.45) is 0 Å². The summed E-state index contributed by atoms with van der Waals surface area (Å²) in [6.07, 6.45) is -4.99. The lowest BCUT2D eigenvalue weighted by atomic mass is 10.2. The number of amides is 2. The van der Waals surface area contributed by atoms with Gasteiger partial charge in [-0.25, -0.2) is 0 Å². The molecule has 0 unspecified atom stereocenters. The highest BCUT2D eigenvalue weighted by Crippen LogP contribution is 2.21. The standard InChI is InChI=1S/C17H15F3N2O3/c1-11-5-2-3-8-14(11)25-10-15(23)21-12-6-4-7-13(9-12)22-16(24)17(18,19)20/h2-9H,10H2,1H3,(H,21,23)(H,22,24). The van der Waals surface area contributed by atoms with Crippen molar-refractivity contribution in [1.82, 2.24) is 0 Å². The second-order valence-corrected chi connectivity index (χ2v) is 5.14. The Kier molecular flexibility index (Phi) is 5.63. The average molecular weight is 352 g/mol. The van der Waals surface area contributed by atoms with E-state index in [1.54, 1.807) is 17.4 Å². The van der Waals surface area contributed by atoms with Gasteiger partial charge in [0.05, 0.1) is 0 Å². The van der Waals surface area contributed by atoms with Gasteiger partial charge in [0.1, 0.15) is 5.75 Å². The molecule has 8 heteroatoms. The average Bonchev–Trinajstić information content (AvgIpc) is 2.53. The van der Waals surface area contributed by atoms with Crippen LogP contribution in [0.3, 0.4) is 0 Å². The Morgan fingerprint density at radius 1 is 1.00 bits per heavy atom. The highest BCUT2D eigenvalue weighted by atomic mass is 19.4. The molecule has 0 atom stereocenters. The zero-order valence-electron chi connectivity index (χ0n) is 13.2. The van der Waals surface area contributed by atoms with E-state index < -0.39 is 18.0 Å². The molecule has 2 amide bonds. The molecule has 0 fully saturated rings. The lowest BCUT2D eigenvalue weighted by Crippen LogP contribution is -2.30. The number of aryl methyl sites for hydroxylation is 1. The molecule has 0 aliphatic heterocycles. The number of para-hydroxylation sites is 1. The first-order valence-electron chi connectivity index (χ1n) is 7.22. The predicted molar refractivity (Wildman–Crippen MR) is 86.4 cm³/mol. The zero-order valence-corrected chi connectivity index (χ0v) is 13.2. The Balaban J connectivity index is 1.94. The fourth-order valence-electron chi connectivity index (χ4n) is 1.94. The van der Waals surface area contributed by atoms with Crippen LogP contribution in [0.2, 0.25) is 0 Å². The summed E-state index contributed by atoms with van der Waals surface area (Å²) in [5, 5.41) is 4.20. The van der Waals surface area contributed by atoms with Crippen molar-refractivity contribution in [3.8, 4) is 5.75 Å². The minimum atomic E-state index is -4.99. The third-order valence-corrected chi connectivity index (χ3v) is 3.11. The van der Waals surface area contributed by atoms with Crippen LogP contribution >= 0.6 is 0 Å². The van der Waals surface area contributed by atoms with E-state index in [4.69, 9.17) is 4.74 Å². The largest absolute Gasteiger partial charge is 0.483 e. The van der Waals surface area contributed by atoms with Crippen molar-refractivity contribution in [3.63, 3.8) is 0 Å². The van der Waals surface area contributed by atoms with Crippen molar-refractivity contribution >= 4 is 23.2 Å². The Morgan fingerprint density at radius 3 is 2.28 bits per heavy atom. The molecular formula is C17H15F3N2O3. The molecule has 0 bridgehead atoms. The molecule has 2 N–H and O–H groups in total. The monoisotopic (exact) mass is 352 g/mol. The number of hydrogen-bond donors (Lipinski definition) is 2. The number of anilines is 2. The SMILES string of the molecule is Cc1ccccc1OCC(=O)Nc1cccc(NC(=O)C(F)(F)F)c1. The van der Waals surface area contributed by atoms with Gasteiger partial charge in [0.2, 0.25) is 0 Å². The number of benzene rings is 2. The minimum absolute atomic E-state index is 0.0834. The summed E-state index contributed by atoms with van der Waals surface area (Å²) in [7, 11) is 0. The highest BCUT2D eigenvalue weighted by molar-refractivity contribution is 5.96. The number of ether oxygens (including phenoxy) is 1. The Labute approximate surface area is 141 Å². The van der Waals surface area contributed by atoms with Crippen LogP contribution < -0.4 is 15.4 Å². The topological polar surface area (TPSA) is 67.4 Å². The van der Waals surface area contributed by atoms with Crippen LogP contribution in [0.15, 0.2) is 48.5 Å². The van der Waals surface area contributed by atoms with Crippen LogP contribution in [0.1, 0.15) is 5.56 Å². The molecule has 0 spiro atoms. The van der Waals surface area contributed by atoms with Gasteiger partial charge in [-0.1, -0.05) is 24.3 Å². The van der Waals surface area contributed by atoms with E-state index in [0.29, 0.717) is 5.75 Å². The molecule has 132 valence electrons. The van der Waals surface area contributed by atoms with Crippen LogP contribution in [-0.4, -0.2) is 24.6 Å². The van der Waals surface area contributed by atoms with Gasteiger partial charge in [0.15, 0.2) is 6.61 Å². The van der Waals surface area contributed by atoms with Crippen molar-refractivity contribution in [2.45, 2.75) is 13.1 Å². The first kappa shape index (κ1) is 18.3. The van der Waals surface area contributed by atoms with Crippen LogP contribution in [0.25, 0.3) is 0 Å². The molecule has 0 aliphatic rings. The first-order chi connectivity index (χ1) is 11.8. The summed E-state index contributed by atoms with van der Waals surface area (Å²) in [5.74, 6) is -2.01. The van der Waals surface area contributed by atoms with E-state index in [1.807, 2.05) is 19.1 Å². The fraction of sp³-hybridized carbons (Fsp3) is 0.176. The van der Waals surface area contributed by atoms with Crippen LogP contribution in [0.4, 0.5) is 24.5 Å². The van der Waals surface area contributed by atoms with Crippen molar-refractivity contribution in [1.29, 1.82) is 0 Å². The number of carbonyl (C=O) groups excluding carboxylic acids is 2. The quantitative estimate of drug-likeness (QED) is 0.865. The lowest BCUT2D eigenvalue weighted by Gasteiger charge is -2.11. The molecule has 2 rings (SSSR count). The summed E-state index contributed by atoms with van der Waals surface area (Å²) in [4.78, 5) is 22.8. The molecule has 2 aromatic carbocycles. The molecule has 0 radical (unpaired) electrons. The van der Waals surface area contributed by atoms with E-state index in [9.17, 15) is 22.8 Å². The molecule has 0 heterocycles. The highest BCUT2D eigenvalue weighted by Gasteiger charge is 2.38. The van der Waals surface area contributed by atoms with Gasteiger partial charge >= 0.3 is 12.1 Å². The van der Waals surface area contributed by atoms with Crippen molar-refractivity contribution in [3.05, 3.63) is 54.1 Å². The van der Waals surface area contributed by atoms with Gasteiger partial charge in [-0.15, -0.1) is 0 Å². The van der Waals surface area contributed by atoms with Gasteiger partial charge in [0.25, 0.3) is 5.91 Å². The van der Waals surface area contributed by atoms with Gasteiger partial charge in [-0.05, 0) is 36.8 Å². The lowest BCUT2D eigenvalue weighted by molar-refractivity contribution is -0.167. The normalized spacial score (nSPS) is 10.9. The summed E-state index contributed by atoms with van der Waals surface area (Å²) < 4.78 is 42.1. The molecule has 5 nitrogen and oxygen atoms in total. The Morgan fingerprint density at radius 2 is 1.64 bits per heavy atom. The van der Waals surface area contributed by atoms with Crippen LogP contribution in [-0.2, 0) is 9.59 Å². The number of hydrogen-bond acceptors (Lipinski definition) is 3. The van der Waals surface area contributed by atoms with Gasteiger partial charge < -0.3 is 15.4 Å². The number of nitrogens with one attached hydrogen (secondary N) is 2. The molecule has 0 saturated carbocycles. The summed E-state index contributed by atoms with van der Waals surface area (Å²) in [5.41, 5.74) is 1.02. The van der Waals surface area contributed by atoms with E-state index in [2.05, 4.69) is 5.32 Å². The first-order valence-corrected chi connectivity index (χ1v) is 7.22. The van der Waals surface area contributed by atoms with E-state index in [-0.39, 0.29) is 18.0 Å². The number of rotatable bonds is 5. The number of carbonyl (C=O) groups is 2. The van der Waals surface area contributed by atoms with Crippen LogP contribution in [0, 0.1) is 6.92 Å². The van der Waals surface area contributed by atoms with Crippen LogP contribution in [0.5, 0.6) is 5.75 Å². The van der Waals surface area contributed by atoms with Gasteiger partial charge in [-0.2, -0.15) is 13.2 Å². The second-order valence-electron chi connectivity index (χ2n) is 5.14. The molecule has 0 aromatic heterocycles. The number of alkyl halides is 3. The third-order valence-electron chi connectivity index (χ3n) is 3.11. The van der Waals surface area contributed by atoms with Gasteiger partial charge in [-0.3, -0.25) is 9.59 Å². The van der Waals surface area contributed by atoms with Gasteiger partial charge in [0, 0.05) is 11.4 Å². The maximum absolute atomic E-state index is 12.2. The van der Waals surface area contributed by atoms with E-state index in [0.717, 1.165) is 5.56 Å². The molecular weight excluding hydrogens is 337 g/mol. The predicted octanol–water partition coefficient (Wildman–Crippen LogP) is 3.51. The van der Waals surface area contributed by atoms with E-state index in [1.165, 1.54) is 24.3 Å². The fourth-order valence-corrected chi connectivity index (χ4v) is 1.94. The Bertz CT molecular complexity index is 776. The zero-order chi connectivity index (χ0) is 18.4. The third kappa shape index (κ3) is 5.52. The minimum Gasteiger partial charge on any atom is -0.483 e. The smallest absolute Gasteiger partial charge is 0.471 e. The van der Waals surface area contributed by atoms with Crippen molar-refractivity contribution < 1.29 is 27.5 Å². The summed E-state index contributed by atoms with van der Waals surface area (Å²) in [6, 6.07) is 12.5. The Hall–Kier alpha value is -3.03. The summed E-state index contributed by atoms with van der Waals surface area (Å²) in [6.45, 7) is 1.57. The molecule has 0 aliphatic carbocycles. The maximum atomic E-state index is 12.2. The summed E-state index contributed by atoms with van der Waals surface area (Å²) >= 11 is 0. The van der Waals surface area contributed by atoms with Crippen molar-refractivity contribution in [2.75, 3.05) is 17.2 Å². The molecule has 0 saturated heterocycles.